The van der Waals surface area contributed by atoms with Crippen molar-refractivity contribution in [3.8, 4) is 0 Å². The molecular weight excluding hydrogens is 324 g/mol. The summed E-state index contributed by atoms with van der Waals surface area (Å²) < 4.78 is 0. The van der Waals surface area contributed by atoms with E-state index in [1.165, 1.54) is 6.92 Å². The average Bonchev–Trinajstić information content (AvgIpc) is 2.94. The third-order valence-electron chi connectivity index (χ3n) is 3.31. The molecule has 0 unspecified atom stereocenters. The van der Waals surface area contributed by atoms with Crippen molar-refractivity contribution in [1.29, 1.82) is 0 Å². The molecule has 0 saturated heterocycles. The lowest BCUT2D eigenvalue weighted by Gasteiger charge is -2.08. The number of urea groups is 1. The van der Waals surface area contributed by atoms with Gasteiger partial charge >= 0.3 is 6.03 Å². The molecule has 1 aromatic heterocycles. The Labute approximate surface area is 145 Å². The molecule has 0 spiro atoms. The van der Waals surface area contributed by atoms with Crippen molar-refractivity contribution < 1.29 is 9.59 Å². The number of carbonyl (C=O) groups is 2. The van der Waals surface area contributed by atoms with Gasteiger partial charge in [-0.2, -0.15) is 0 Å². The molecule has 3 amide bonds. The maximum atomic E-state index is 11.7. The van der Waals surface area contributed by atoms with Crippen LogP contribution < -0.4 is 16.0 Å². The highest BCUT2D eigenvalue weighted by Gasteiger charge is 2.02. The van der Waals surface area contributed by atoms with Crippen LogP contribution in [-0.4, -0.2) is 30.0 Å². The van der Waals surface area contributed by atoms with Gasteiger partial charge in [0.05, 0.1) is 10.7 Å². The Balaban J connectivity index is 1.62. The Morgan fingerprint density at radius 3 is 2.33 bits per heavy atom. The number of amides is 3. The molecule has 0 aliphatic heterocycles. The van der Waals surface area contributed by atoms with E-state index in [1.807, 2.05) is 36.6 Å². The van der Waals surface area contributed by atoms with Crippen molar-refractivity contribution in [3.63, 3.8) is 0 Å². The summed E-state index contributed by atoms with van der Waals surface area (Å²) in [5.74, 6) is -0.0890. The molecule has 6 nitrogen and oxygen atoms in total. The lowest BCUT2D eigenvalue weighted by molar-refractivity contribution is -0.114. The van der Waals surface area contributed by atoms with Crippen molar-refractivity contribution in [2.75, 3.05) is 18.4 Å². The molecule has 0 bridgehead atoms. The van der Waals surface area contributed by atoms with Gasteiger partial charge in [-0.25, -0.2) is 9.78 Å². The summed E-state index contributed by atoms with van der Waals surface area (Å²) in [7, 11) is 0. The molecule has 0 aliphatic carbocycles. The van der Waals surface area contributed by atoms with E-state index in [0.717, 1.165) is 34.8 Å². The molecule has 0 fully saturated rings. The van der Waals surface area contributed by atoms with Crippen LogP contribution in [0.3, 0.4) is 0 Å². The van der Waals surface area contributed by atoms with Gasteiger partial charge in [-0.15, -0.1) is 11.3 Å². The molecule has 0 atom stereocenters. The summed E-state index contributed by atoms with van der Waals surface area (Å²) in [5, 5.41) is 11.4. The van der Waals surface area contributed by atoms with Crippen molar-refractivity contribution in [2.24, 2.45) is 0 Å². The first-order valence-corrected chi connectivity index (χ1v) is 8.70. The Kier molecular flexibility index (Phi) is 6.74. The van der Waals surface area contributed by atoms with Gasteiger partial charge in [0.2, 0.25) is 5.91 Å². The standard InChI is InChI=1S/C17H22N4O2S/c1-12(22)20-15-5-3-14(4-6-15)7-9-18-17(23)19-10-8-16-11-24-13(2)21-16/h3-6,11H,7-10H2,1-2H3,(H,20,22)(H2,18,19,23). The van der Waals surface area contributed by atoms with Crippen LogP contribution in [0.15, 0.2) is 29.6 Å². The molecular formula is C17H22N4O2S. The minimum absolute atomic E-state index is 0.0890. The van der Waals surface area contributed by atoms with E-state index in [1.54, 1.807) is 11.3 Å². The Morgan fingerprint density at radius 1 is 1.08 bits per heavy atom. The second-order valence-electron chi connectivity index (χ2n) is 5.42. The molecule has 128 valence electrons. The number of anilines is 1. The number of aromatic nitrogens is 1. The largest absolute Gasteiger partial charge is 0.338 e. The van der Waals surface area contributed by atoms with Gasteiger partial charge in [-0.1, -0.05) is 12.1 Å². The number of hydrogen-bond donors (Lipinski definition) is 3. The first kappa shape index (κ1) is 17.9. The number of aryl methyl sites for hydroxylation is 1. The number of nitrogens with zero attached hydrogens (tertiary/aromatic N) is 1. The zero-order valence-electron chi connectivity index (χ0n) is 13.9. The lowest BCUT2D eigenvalue weighted by atomic mass is 10.1. The van der Waals surface area contributed by atoms with E-state index >= 15 is 0 Å². The summed E-state index contributed by atoms with van der Waals surface area (Å²) in [4.78, 5) is 27.0. The highest BCUT2D eigenvalue weighted by Crippen LogP contribution is 2.10. The molecule has 2 rings (SSSR count). The molecule has 2 aromatic rings. The van der Waals surface area contributed by atoms with Gasteiger partial charge in [0.25, 0.3) is 0 Å². The minimum Gasteiger partial charge on any atom is -0.338 e. The molecule has 24 heavy (non-hydrogen) atoms. The molecule has 1 aromatic carbocycles. The highest BCUT2D eigenvalue weighted by molar-refractivity contribution is 7.09. The van der Waals surface area contributed by atoms with Crippen LogP contribution in [0.5, 0.6) is 0 Å². The second kappa shape index (κ2) is 9.02. The van der Waals surface area contributed by atoms with Gasteiger partial charge in [0, 0.05) is 37.5 Å². The topological polar surface area (TPSA) is 83.1 Å². The predicted molar refractivity (Wildman–Crippen MR) is 96.4 cm³/mol. The van der Waals surface area contributed by atoms with Crippen molar-refractivity contribution >= 4 is 29.0 Å². The van der Waals surface area contributed by atoms with Crippen LogP contribution in [0.1, 0.15) is 23.2 Å². The van der Waals surface area contributed by atoms with Crippen molar-refractivity contribution in [2.45, 2.75) is 26.7 Å². The maximum absolute atomic E-state index is 11.7. The normalized spacial score (nSPS) is 10.2. The third-order valence-corrected chi connectivity index (χ3v) is 4.13. The van der Waals surface area contributed by atoms with E-state index < -0.39 is 0 Å². The van der Waals surface area contributed by atoms with E-state index in [-0.39, 0.29) is 11.9 Å². The maximum Gasteiger partial charge on any atom is 0.314 e. The van der Waals surface area contributed by atoms with E-state index in [9.17, 15) is 9.59 Å². The SMILES string of the molecule is CC(=O)Nc1ccc(CCNC(=O)NCCc2csc(C)n2)cc1. The van der Waals surface area contributed by atoms with E-state index in [2.05, 4.69) is 20.9 Å². The van der Waals surface area contributed by atoms with Crippen molar-refractivity contribution in [1.82, 2.24) is 15.6 Å². The highest BCUT2D eigenvalue weighted by atomic mass is 32.1. The molecule has 1 heterocycles. The molecule has 0 aliphatic rings. The number of benzene rings is 1. The van der Waals surface area contributed by atoms with Crippen LogP contribution >= 0.6 is 11.3 Å². The zero-order chi connectivity index (χ0) is 17.4. The van der Waals surface area contributed by atoms with E-state index in [0.29, 0.717) is 13.1 Å². The summed E-state index contributed by atoms with van der Waals surface area (Å²) in [5.41, 5.74) is 2.88. The number of hydrogen-bond acceptors (Lipinski definition) is 4. The van der Waals surface area contributed by atoms with Crippen molar-refractivity contribution in [3.05, 3.63) is 45.9 Å². The first-order chi connectivity index (χ1) is 11.5. The third kappa shape index (κ3) is 6.37. The molecule has 0 radical (unpaired) electrons. The van der Waals surface area contributed by atoms with Crippen LogP contribution in [-0.2, 0) is 17.6 Å². The van der Waals surface area contributed by atoms with Crippen LogP contribution in [0, 0.1) is 6.92 Å². The number of rotatable bonds is 7. The van der Waals surface area contributed by atoms with Crippen LogP contribution in [0.4, 0.5) is 10.5 Å². The quantitative estimate of drug-likeness (QED) is 0.720. The minimum atomic E-state index is -0.170. The summed E-state index contributed by atoms with van der Waals surface area (Å²) in [6.45, 7) is 4.57. The summed E-state index contributed by atoms with van der Waals surface area (Å²) in [6, 6.07) is 7.42. The molecule has 7 heteroatoms. The monoisotopic (exact) mass is 346 g/mol. The Hall–Kier alpha value is -2.41. The second-order valence-corrected chi connectivity index (χ2v) is 6.48. The zero-order valence-corrected chi connectivity index (χ0v) is 14.7. The fraction of sp³-hybridized carbons (Fsp3) is 0.353. The number of carbonyl (C=O) groups excluding carboxylic acids is 2. The Bertz CT molecular complexity index is 682. The Morgan fingerprint density at radius 2 is 1.75 bits per heavy atom. The fourth-order valence-electron chi connectivity index (χ4n) is 2.17. The summed E-state index contributed by atoms with van der Waals surface area (Å²) in [6.07, 6.45) is 1.47. The van der Waals surface area contributed by atoms with Crippen LogP contribution in [0.2, 0.25) is 0 Å². The lowest BCUT2D eigenvalue weighted by Crippen LogP contribution is -2.37. The smallest absolute Gasteiger partial charge is 0.314 e. The fourth-order valence-corrected chi connectivity index (χ4v) is 2.82. The van der Waals surface area contributed by atoms with Gasteiger partial charge < -0.3 is 16.0 Å². The number of thiazole rings is 1. The van der Waals surface area contributed by atoms with E-state index in [4.69, 9.17) is 0 Å². The van der Waals surface area contributed by atoms with Gasteiger partial charge in [0.1, 0.15) is 0 Å². The summed E-state index contributed by atoms with van der Waals surface area (Å²) >= 11 is 1.62. The van der Waals surface area contributed by atoms with Gasteiger partial charge in [0.15, 0.2) is 0 Å². The average molecular weight is 346 g/mol. The first-order valence-electron chi connectivity index (χ1n) is 7.82. The predicted octanol–water partition coefficient (Wildman–Crippen LogP) is 2.49. The molecule has 0 saturated carbocycles. The van der Waals surface area contributed by atoms with Crippen LogP contribution in [0.25, 0.3) is 0 Å². The van der Waals surface area contributed by atoms with Gasteiger partial charge in [-0.3, -0.25) is 4.79 Å². The van der Waals surface area contributed by atoms with Gasteiger partial charge in [-0.05, 0) is 31.0 Å². The molecule has 3 N–H and O–H groups in total. The number of nitrogens with one attached hydrogen (secondary N) is 3.